The van der Waals surface area contributed by atoms with Gasteiger partial charge in [-0.2, -0.15) is 0 Å². The fraction of sp³-hybridized carbons (Fsp3) is 0.786. The van der Waals surface area contributed by atoms with E-state index in [9.17, 15) is 0 Å². The van der Waals surface area contributed by atoms with Gasteiger partial charge in [0.2, 0.25) is 0 Å². The van der Waals surface area contributed by atoms with Crippen LogP contribution in [-0.4, -0.2) is 28.3 Å². The minimum absolute atomic E-state index is 0.0607. The zero-order chi connectivity index (χ0) is 14.3. The van der Waals surface area contributed by atoms with Crippen molar-refractivity contribution in [2.24, 2.45) is 5.84 Å². The molecule has 1 heterocycles. The maximum Gasteiger partial charge on any atom is 0.110 e. The van der Waals surface area contributed by atoms with Crippen LogP contribution in [0.25, 0.3) is 0 Å². The van der Waals surface area contributed by atoms with Crippen LogP contribution in [-0.2, 0) is 17.7 Å². The predicted octanol–water partition coefficient (Wildman–Crippen LogP) is 1.87. The monoisotopic (exact) mass is 268 g/mol. The summed E-state index contributed by atoms with van der Waals surface area (Å²) < 4.78 is 7.95. The van der Waals surface area contributed by atoms with Crippen LogP contribution in [0, 0.1) is 0 Å². The number of aryl methyl sites for hydroxylation is 1. The number of nitrogens with two attached hydrogens (primary N) is 1. The Kier molecular flexibility index (Phi) is 6.48. The Morgan fingerprint density at radius 1 is 1.42 bits per heavy atom. The third kappa shape index (κ3) is 3.55. The summed E-state index contributed by atoms with van der Waals surface area (Å²) in [6.07, 6.45) is 7.59. The summed E-state index contributed by atoms with van der Waals surface area (Å²) in [5, 5.41) is 0. The van der Waals surface area contributed by atoms with Crippen molar-refractivity contribution < 1.29 is 4.74 Å². The van der Waals surface area contributed by atoms with Crippen molar-refractivity contribution >= 4 is 0 Å². The molecule has 0 bridgehead atoms. The van der Waals surface area contributed by atoms with Crippen LogP contribution < -0.4 is 11.3 Å². The number of hydrazine groups is 1. The largest absolute Gasteiger partial charge is 0.377 e. The van der Waals surface area contributed by atoms with Crippen molar-refractivity contribution in [2.75, 3.05) is 7.11 Å². The van der Waals surface area contributed by atoms with Gasteiger partial charge in [0.25, 0.3) is 0 Å². The summed E-state index contributed by atoms with van der Waals surface area (Å²) in [6.45, 7) is 7.43. The van der Waals surface area contributed by atoms with Gasteiger partial charge in [-0.3, -0.25) is 11.3 Å². The van der Waals surface area contributed by atoms with Gasteiger partial charge in [-0.1, -0.05) is 20.8 Å². The maximum absolute atomic E-state index is 5.76. The van der Waals surface area contributed by atoms with Crippen LogP contribution in [0.15, 0.2) is 12.4 Å². The van der Waals surface area contributed by atoms with Crippen molar-refractivity contribution in [1.29, 1.82) is 0 Å². The summed E-state index contributed by atoms with van der Waals surface area (Å²) in [5.41, 5.74) is 2.69. The number of hydrogen-bond donors (Lipinski definition) is 2. The first-order chi connectivity index (χ1) is 9.17. The van der Waals surface area contributed by atoms with Gasteiger partial charge in [-0.15, -0.1) is 0 Å². The summed E-state index contributed by atoms with van der Waals surface area (Å²) in [6, 6.07) is 0.0607. The molecule has 1 aromatic rings. The van der Waals surface area contributed by atoms with E-state index in [4.69, 9.17) is 10.6 Å². The van der Waals surface area contributed by atoms with E-state index in [2.05, 4.69) is 35.7 Å². The Bertz CT molecular complexity index is 352. The van der Waals surface area contributed by atoms with E-state index >= 15 is 0 Å². The van der Waals surface area contributed by atoms with Crippen molar-refractivity contribution in [1.82, 2.24) is 15.0 Å². The molecule has 1 atom stereocenters. The van der Waals surface area contributed by atoms with Crippen LogP contribution in [0.5, 0.6) is 0 Å². The normalized spacial score (nSPS) is 13.7. The fourth-order valence-corrected chi connectivity index (χ4v) is 2.73. The van der Waals surface area contributed by atoms with Gasteiger partial charge in [0.15, 0.2) is 0 Å². The van der Waals surface area contributed by atoms with Gasteiger partial charge in [-0.05, 0) is 19.3 Å². The van der Waals surface area contributed by atoms with Crippen molar-refractivity contribution in [3.8, 4) is 0 Å². The molecular weight excluding hydrogens is 240 g/mol. The average Bonchev–Trinajstić information content (AvgIpc) is 2.87. The van der Waals surface area contributed by atoms with Crippen molar-refractivity contribution in [3.63, 3.8) is 0 Å². The first kappa shape index (κ1) is 16.1. The first-order valence-corrected chi connectivity index (χ1v) is 7.18. The second kappa shape index (κ2) is 7.62. The minimum Gasteiger partial charge on any atom is -0.377 e. The Morgan fingerprint density at radius 3 is 2.58 bits per heavy atom. The Hall–Kier alpha value is -0.910. The molecule has 5 heteroatoms. The number of ether oxygens (including phenoxy) is 1. The predicted molar refractivity (Wildman–Crippen MR) is 77.7 cm³/mol. The number of rotatable bonds is 9. The topological polar surface area (TPSA) is 65.1 Å². The molecule has 3 N–H and O–H groups in total. The lowest BCUT2D eigenvalue weighted by molar-refractivity contribution is -0.0479. The summed E-state index contributed by atoms with van der Waals surface area (Å²) in [7, 11) is 1.76. The SMILES string of the molecule is CCCn1ccnc1CC(NN)C(CC)(CC)OC. The van der Waals surface area contributed by atoms with E-state index in [0.29, 0.717) is 0 Å². The lowest BCUT2D eigenvalue weighted by Gasteiger charge is -2.38. The second-order valence-electron chi connectivity index (χ2n) is 4.94. The highest BCUT2D eigenvalue weighted by Gasteiger charge is 2.36. The molecule has 0 aliphatic rings. The lowest BCUT2D eigenvalue weighted by Crippen LogP contribution is -2.55. The van der Waals surface area contributed by atoms with Crippen LogP contribution >= 0.6 is 0 Å². The van der Waals surface area contributed by atoms with Gasteiger partial charge in [0, 0.05) is 32.5 Å². The molecule has 0 aromatic carbocycles. The number of nitrogens with one attached hydrogen (secondary N) is 1. The number of imidazole rings is 1. The molecule has 5 nitrogen and oxygen atoms in total. The summed E-state index contributed by atoms with van der Waals surface area (Å²) in [4.78, 5) is 4.45. The van der Waals surface area contributed by atoms with Gasteiger partial charge in [0.1, 0.15) is 5.82 Å². The fourth-order valence-electron chi connectivity index (χ4n) is 2.73. The molecule has 1 rings (SSSR count). The highest BCUT2D eigenvalue weighted by Crippen LogP contribution is 2.26. The molecule has 1 unspecified atom stereocenters. The number of methoxy groups -OCH3 is 1. The quantitative estimate of drug-likeness (QED) is 0.530. The van der Waals surface area contributed by atoms with E-state index in [0.717, 1.165) is 38.1 Å². The molecule has 0 spiro atoms. The molecule has 1 aromatic heterocycles. The van der Waals surface area contributed by atoms with Crippen molar-refractivity contribution in [2.45, 2.75) is 64.6 Å². The molecule has 0 fully saturated rings. The Morgan fingerprint density at radius 2 is 2.11 bits per heavy atom. The third-order valence-electron chi connectivity index (χ3n) is 4.09. The smallest absolute Gasteiger partial charge is 0.110 e. The molecule has 0 aliphatic heterocycles. The first-order valence-electron chi connectivity index (χ1n) is 7.18. The van der Waals surface area contributed by atoms with Crippen molar-refractivity contribution in [3.05, 3.63) is 18.2 Å². The average molecular weight is 268 g/mol. The molecule has 0 radical (unpaired) electrons. The van der Waals surface area contributed by atoms with E-state index < -0.39 is 0 Å². The third-order valence-corrected chi connectivity index (χ3v) is 4.09. The molecule has 0 saturated heterocycles. The van der Waals surface area contributed by atoms with Crippen LogP contribution in [0.4, 0.5) is 0 Å². The summed E-state index contributed by atoms with van der Waals surface area (Å²) >= 11 is 0. The maximum atomic E-state index is 5.76. The van der Waals surface area contributed by atoms with Crippen LogP contribution in [0.3, 0.4) is 0 Å². The highest BCUT2D eigenvalue weighted by molar-refractivity contribution is 5.01. The van der Waals surface area contributed by atoms with E-state index in [1.807, 2.05) is 12.4 Å². The number of hydrogen-bond acceptors (Lipinski definition) is 4. The van der Waals surface area contributed by atoms with E-state index in [-0.39, 0.29) is 11.6 Å². The molecule has 0 amide bonds. The molecule has 0 saturated carbocycles. The molecule has 110 valence electrons. The Labute approximate surface area is 116 Å². The molecule has 19 heavy (non-hydrogen) atoms. The van der Waals surface area contributed by atoms with E-state index in [1.165, 1.54) is 0 Å². The second-order valence-corrected chi connectivity index (χ2v) is 4.94. The van der Waals surface area contributed by atoms with Gasteiger partial charge >= 0.3 is 0 Å². The van der Waals surface area contributed by atoms with Gasteiger partial charge in [-0.25, -0.2) is 4.98 Å². The van der Waals surface area contributed by atoms with Crippen LogP contribution in [0.1, 0.15) is 45.9 Å². The Balaban J connectivity index is 2.89. The van der Waals surface area contributed by atoms with Gasteiger partial charge < -0.3 is 9.30 Å². The van der Waals surface area contributed by atoms with Crippen LogP contribution in [0.2, 0.25) is 0 Å². The molecule has 0 aliphatic carbocycles. The minimum atomic E-state index is -0.238. The standard InChI is InChI=1S/C14H28N4O/c1-5-9-18-10-8-16-13(18)11-12(17-15)14(6-2,7-3)19-4/h8,10,12,17H,5-7,9,11,15H2,1-4H3. The highest BCUT2D eigenvalue weighted by atomic mass is 16.5. The number of aromatic nitrogens is 2. The number of nitrogens with zero attached hydrogens (tertiary/aromatic N) is 2. The summed E-state index contributed by atoms with van der Waals surface area (Å²) in [5.74, 6) is 6.82. The molecular formula is C14H28N4O. The van der Waals surface area contributed by atoms with E-state index in [1.54, 1.807) is 7.11 Å². The van der Waals surface area contributed by atoms with Gasteiger partial charge in [0.05, 0.1) is 11.6 Å². The zero-order valence-electron chi connectivity index (χ0n) is 12.6. The lowest BCUT2D eigenvalue weighted by atomic mass is 9.86. The zero-order valence-corrected chi connectivity index (χ0v) is 12.6.